The summed E-state index contributed by atoms with van der Waals surface area (Å²) < 4.78 is 51.0. The van der Waals surface area contributed by atoms with Gasteiger partial charge < -0.3 is 32.9 Å². The maximum absolute atomic E-state index is 13.5. The molecule has 1 unspecified atom stereocenters. The van der Waals surface area contributed by atoms with Gasteiger partial charge in [0.1, 0.15) is 12.4 Å². The molecule has 12 heteroatoms. The molecule has 3 rings (SSSR count). The number of hydrogen-bond donors (Lipinski definition) is 1. The molecular formula is C28H38NO10P. The predicted molar refractivity (Wildman–Crippen MR) is 147 cm³/mol. The average molecular weight is 580 g/mol. The molecule has 2 aromatic rings. The van der Waals surface area contributed by atoms with Crippen LogP contribution in [0.25, 0.3) is 0 Å². The van der Waals surface area contributed by atoms with Gasteiger partial charge in [0.05, 0.1) is 40.5 Å². The first-order valence-electron chi connectivity index (χ1n) is 12.9. The molecule has 1 N–H and O–H groups in total. The van der Waals surface area contributed by atoms with E-state index in [0.29, 0.717) is 36.7 Å². The van der Waals surface area contributed by atoms with Gasteiger partial charge in [-0.1, -0.05) is 12.1 Å². The summed E-state index contributed by atoms with van der Waals surface area (Å²) in [5, 5.41) is 2.70. The molecule has 220 valence electrons. The molecule has 1 heterocycles. The Kier molecular flexibility index (Phi) is 11.2. The van der Waals surface area contributed by atoms with Gasteiger partial charge in [0.25, 0.3) is 0 Å². The molecule has 1 aliphatic heterocycles. The number of esters is 2. The van der Waals surface area contributed by atoms with Crippen molar-refractivity contribution in [2.75, 3.05) is 48.0 Å². The van der Waals surface area contributed by atoms with Gasteiger partial charge in [-0.2, -0.15) is 0 Å². The smallest absolute Gasteiger partial charge is 0.342 e. The first kappa shape index (κ1) is 31.3. The van der Waals surface area contributed by atoms with Crippen molar-refractivity contribution in [3.63, 3.8) is 0 Å². The summed E-state index contributed by atoms with van der Waals surface area (Å²) in [6, 6.07) is 9.95. The summed E-state index contributed by atoms with van der Waals surface area (Å²) in [5.74, 6) is 0.561. The van der Waals surface area contributed by atoms with E-state index in [2.05, 4.69) is 5.09 Å². The van der Waals surface area contributed by atoms with Crippen LogP contribution in [0.15, 0.2) is 36.4 Å². The van der Waals surface area contributed by atoms with E-state index in [1.54, 1.807) is 39.3 Å². The maximum atomic E-state index is 13.5. The Morgan fingerprint density at radius 1 is 0.975 bits per heavy atom. The number of benzene rings is 2. The minimum absolute atomic E-state index is 0.0389. The van der Waals surface area contributed by atoms with Gasteiger partial charge >= 0.3 is 19.5 Å². The molecule has 1 saturated heterocycles. The fourth-order valence-corrected chi connectivity index (χ4v) is 6.25. The Morgan fingerprint density at radius 2 is 1.57 bits per heavy atom. The molecular weight excluding hydrogens is 541 g/mol. The van der Waals surface area contributed by atoms with Crippen LogP contribution in [0.2, 0.25) is 0 Å². The highest BCUT2D eigenvalue weighted by molar-refractivity contribution is 7.57. The predicted octanol–water partition coefficient (Wildman–Crippen LogP) is 4.00. The van der Waals surface area contributed by atoms with Crippen LogP contribution in [0.5, 0.6) is 23.0 Å². The van der Waals surface area contributed by atoms with Crippen LogP contribution in [0.1, 0.15) is 25.0 Å². The van der Waals surface area contributed by atoms with Crippen molar-refractivity contribution in [1.29, 1.82) is 0 Å². The highest BCUT2D eigenvalue weighted by atomic mass is 31.2. The van der Waals surface area contributed by atoms with Crippen LogP contribution in [-0.2, 0) is 41.2 Å². The number of carbonyl (C=O) groups excluding carboxylic acids is 2. The Hall–Kier alpha value is -3.27. The van der Waals surface area contributed by atoms with E-state index in [4.69, 9.17) is 32.9 Å². The molecule has 4 atom stereocenters. The summed E-state index contributed by atoms with van der Waals surface area (Å²) in [7, 11) is 2.33. The third-order valence-corrected chi connectivity index (χ3v) is 8.39. The second-order valence-electron chi connectivity index (χ2n) is 9.36. The van der Waals surface area contributed by atoms with Crippen molar-refractivity contribution in [3.8, 4) is 23.0 Å². The number of ether oxygens (including phenoxy) is 6. The van der Waals surface area contributed by atoms with Gasteiger partial charge in [0.15, 0.2) is 23.0 Å². The van der Waals surface area contributed by atoms with E-state index in [-0.39, 0.29) is 36.5 Å². The fourth-order valence-electron chi connectivity index (χ4n) is 4.57. The van der Waals surface area contributed by atoms with E-state index in [0.717, 1.165) is 11.1 Å². The molecule has 0 aromatic heterocycles. The van der Waals surface area contributed by atoms with E-state index < -0.39 is 19.5 Å². The third kappa shape index (κ3) is 7.90. The Labute approximate surface area is 234 Å². The highest BCUT2D eigenvalue weighted by Crippen LogP contribution is 2.47. The summed E-state index contributed by atoms with van der Waals surface area (Å²) in [6.07, 6.45) is 0.758. The van der Waals surface area contributed by atoms with Gasteiger partial charge in [-0.05, 0) is 62.1 Å². The standard InChI is InChI=1S/C28H38NO10P/c1-7-37-27(30)18(2)29-40(32,17-33-3)39-24-11-9-20(15-26(24)36-6)13-22-21(16-38-28(22)31)12-19-8-10-23(34-4)25(14-19)35-5/h8-11,14-15,18,21-22H,7,12-13,16-17H2,1-6H3,(H,29,32)/t18-,21-,22+,40?/m0/s1. The number of methoxy groups -OCH3 is 4. The summed E-state index contributed by atoms with van der Waals surface area (Å²) in [5.41, 5.74) is 1.82. The summed E-state index contributed by atoms with van der Waals surface area (Å²) in [6.45, 7) is 3.73. The second kappa shape index (κ2) is 14.4. The zero-order valence-corrected chi connectivity index (χ0v) is 24.7. The van der Waals surface area contributed by atoms with E-state index >= 15 is 0 Å². The molecule has 0 amide bonds. The minimum Gasteiger partial charge on any atom is -0.493 e. The highest BCUT2D eigenvalue weighted by Gasteiger charge is 2.37. The first-order valence-corrected chi connectivity index (χ1v) is 14.7. The molecule has 0 saturated carbocycles. The van der Waals surface area contributed by atoms with E-state index in [1.807, 2.05) is 18.2 Å². The molecule has 0 spiro atoms. The van der Waals surface area contributed by atoms with Gasteiger partial charge in [0.2, 0.25) is 0 Å². The lowest BCUT2D eigenvalue weighted by Gasteiger charge is -2.24. The van der Waals surface area contributed by atoms with Crippen molar-refractivity contribution in [1.82, 2.24) is 5.09 Å². The fraction of sp³-hybridized carbons (Fsp3) is 0.500. The largest absolute Gasteiger partial charge is 0.493 e. The molecule has 40 heavy (non-hydrogen) atoms. The number of rotatable bonds is 15. The Balaban J connectivity index is 1.76. The van der Waals surface area contributed by atoms with E-state index in [1.165, 1.54) is 21.1 Å². The number of carbonyl (C=O) groups is 2. The van der Waals surface area contributed by atoms with Gasteiger partial charge in [0, 0.05) is 13.0 Å². The lowest BCUT2D eigenvalue weighted by molar-refractivity contribution is -0.144. The first-order chi connectivity index (χ1) is 19.2. The van der Waals surface area contributed by atoms with Crippen LogP contribution >= 0.6 is 7.52 Å². The SMILES string of the molecule is CCOC(=O)[C@H](C)NP(=O)(COC)Oc1ccc(C[C@H]2C(=O)OC[C@@H]2Cc2ccc(OC)c(OC)c2)cc1OC. The summed E-state index contributed by atoms with van der Waals surface area (Å²) in [4.78, 5) is 24.7. The van der Waals surface area contributed by atoms with Gasteiger partial charge in [-0.3, -0.25) is 14.2 Å². The summed E-state index contributed by atoms with van der Waals surface area (Å²) >= 11 is 0. The lowest BCUT2D eigenvalue weighted by atomic mass is 9.85. The number of nitrogens with one attached hydrogen (secondary N) is 1. The van der Waals surface area contributed by atoms with Gasteiger partial charge in [-0.15, -0.1) is 0 Å². The molecule has 11 nitrogen and oxygen atoms in total. The molecule has 1 aliphatic rings. The molecule has 0 bridgehead atoms. The normalized spacial score (nSPS) is 18.8. The zero-order chi connectivity index (χ0) is 29.3. The lowest BCUT2D eigenvalue weighted by Crippen LogP contribution is -2.35. The van der Waals surface area contributed by atoms with Crippen molar-refractivity contribution in [2.24, 2.45) is 11.8 Å². The van der Waals surface area contributed by atoms with Gasteiger partial charge in [-0.25, -0.2) is 5.09 Å². The molecule has 0 radical (unpaired) electrons. The second-order valence-corrected chi connectivity index (χ2v) is 11.4. The maximum Gasteiger partial charge on any atom is 0.342 e. The quantitative estimate of drug-likeness (QED) is 0.243. The van der Waals surface area contributed by atoms with Crippen LogP contribution < -0.4 is 23.8 Å². The Morgan fingerprint density at radius 3 is 2.17 bits per heavy atom. The molecule has 2 aromatic carbocycles. The monoisotopic (exact) mass is 579 g/mol. The molecule has 1 fully saturated rings. The molecule has 0 aliphatic carbocycles. The minimum atomic E-state index is -3.68. The average Bonchev–Trinajstić information content (AvgIpc) is 3.27. The number of cyclic esters (lactones) is 1. The van der Waals surface area contributed by atoms with Crippen molar-refractivity contribution in [2.45, 2.75) is 32.7 Å². The number of hydrogen-bond acceptors (Lipinski definition) is 10. The third-order valence-electron chi connectivity index (χ3n) is 6.52. The van der Waals surface area contributed by atoms with Crippen LogP contribution in [0.3, 0.4) is 0 Å². The Bertz CT molecular complexity index is 1220. The van der Waals surface area contributed by atoms with Crippen LogP contribution in [-0.4, -0.2) is 66.0 Å². The van der Waals surface area contributed by atoms with Crippen molar-refractivity contribution < 1.29 is 47.1 Å². The van der Waals surface area contributed by atoms with Crippen molar-refractivity contribution in [3.05, 3.63) is 47.5 Å². The topological polar surface area (TPSA) is 128 Å². The van der Waals surface area contributed by atoms with Crippen molar-refractivity contribution >= 4 is 19.5 Å². The van der Waals surface area contributed by atoms with Crippen LogP contribution in [0.4, 0.5) is 0 Å². The van der Waals surface area contributed by atoms with Crippen LogP contribution in [0, 0.1) is 11.8 Å². The van der Waals surface area contributed by atoms with E-state index in [9.17, 15) is 14.2 Å². The zero-order valence-electron chi connectivity index (χ0n) is 23.8.